The van der Waals surface area contributed by atoms with Crippen LogP contribution in [0.25, 0.3) is 0 Å². The molecule has 0 saturated heterocycles. The van der Waals surface area contributed by atoms with Crippen molar-refractivity contribution in [3.8, 4) is 17.2 Å². The van der Waals surface area contributed by atoms with Crippen molar-refractivity contribution in [2.45, 2.75) is 59.9 Å². The van der Waals surface area contributed by atoms with Gasteiger partial charge in [-0.1, -0.05) is 57.2 Å². The van der Waals surface area contributed by atoms with Gasteiger partial charge in [0.2, 0.25) is 4.52 Å². The minimum Gasteiger partial charge on any atom is -0.497 e. The molecule has 0 amide bonds. The molecule has 0 bridgehead atoms. The fourth-order valence-electron chi connectivity index (χ4n) is 3.70. The maximum absolute atomic E-state index is 6.63. The second-order valence-electron chi connectivity index (χ2n) is 10.1. The molecule has 0 aliphatic heterocycles. The van der Waals surface area contributed by atoms with Crippen LogP contribution in [-0.4, -0.2) is 41.2 Å². The molecule has 3 rings (SSSR count). The standard InChI is InChI=1S/C33H49N2O9P3/c1-7-22-39-45(41-25-28-10-16-31(36-4)17-11-28)34-47(43-24-9-3,44-27-30-14-20-33(38-6)21-15-30)35-46(40-23-8-2)42-26-29-12-18-32(37-5)19-13-29/h10-21,34H,7-9,22-27H2,1-6H3/q+2. The van der Waals surface area contributed by atoms with Crippen molar-refractivity contribution in [3.05, 3.63) is 89.5 Å². The van der Waals surface area contributed by atoms with E-state index in [-0.39, 0.29) is 13.2 Å². The van der Waals surface area contributed by atoms with Gasteiger partial charge in [-0.05, 0) is 77.2 Å². The van der Waals surface area contributed by atoms with Crippen LogP contribution in [0.5, 0.6) is 17.2 Å². The van der Waals surface area contributed by atoms with Crippen LogP contribution in [0.1, 0.15) is 56.7 Å². The summed E-state index contributed by atoms with van der Waals surface area (Å²) >= 11 is 0. The van der Waals surface area contributed by atoms with Crippen molar-refractivity contribution in [2.75, 3.05) is 41.2 Å². The van der Waals surface area contributed by atoms with Gasteiger partial charge < -0.3 is 23.3 Å². The summed E-state index contributed by atoms with van der Waals surface area (Å²) in [6.07, 6.45) is 2.33. The highest BCUT2D eigenvalue weighted by molar-refractivity contribution is 7.74. The summed E-state index contributed by atoms with van der Waals surface area (Å²) in [7, 11) is -1.89. The molecule has 0 aliphatic rings. The van der Waals surface area contributed by atoms with Crippen molar-refractivity contribution in [2.24, 2.45) is 4.52 Å². The maximum Gasteiger partial charge on any atom is 0.605 e. The van der Waals surface area contributed by atoms with E-state index in [1.807, 2.05) is 93.6 Å². The fraction of sp³-hybridized carbons (Fsp3) is 0.455. The van der Waals surface area contributed by atoms with Crippen LogP contribution >= 0.6 is 24.7 Å². The second-order valence-corrected chi connectivity index (χ2v) is 15.2. The van der Waals surface area contributed by atoms with Crippen LogP contribution < -0.4 is 19.1 Å². The van der Waals surface area contributed by atoms with E-state index in [0.717, 1.165) is 53.2 Å². The maximum atomic E-state index is 6.63. The van der Waals surface area contributed by atoms with E-state index in [0.29, 0.717) is 26.4 Å². The summed E-state index contributed by atoms with van der Waals surface area (Å²) in [5.41, 5.74) is 2.84. The molecule has 3 aromatic rings. The molecule has 11 nitrogen and oxygen atoms in total. The molecular formula is C33H49N2O9P3+2. The van der Waals surface area contributed by atoms with Gasteiger partial charge in [0.25, 0.3) is 8.53 Å². The van der Waals surface area contributed by atoms with E-state index in [2.05, 4.69) is 4.86 Å². The van der Waals surface area contributed by atoms with E-state index in [1.54, 1.807) is 21.3 Å². The highest BCUT2D eigenvalue weighted by Gasteiger charge is 2.55. The van der Waals surface area contributed by atoms with Gasteiger partial charge in [0.15, 0.2) is 0 Å². The van der Waals surface area contributed by atoms with Gasteiger partial charge >= 0.3 is 16.2 Å². The first-order valence-electron chi connectivity index (χ1n) is 15.7. The molecule has 0 saturated carbocycles. The molecule has 0 radical (unpaired) electrons. The summed E-state index contributed by atoms with van der Waals surface area (Å²) < 4.78 is 59.1. The van der Waals surface area contributed by atoms with Gasteiger partial charge in [-0.25, -0.2) is 0 Å². The summed E-state index contributed by atoms with van der Waals surface area (Å²) in [5, 5.41) is 0. The molecule has 0 aromatic heterocycles. The van der Waals surface area contributed by atoms with Crippen molar-refractivity contribution < 1.29 is 41.4 Å². The van der Waals surface area contributed by atoms with E-state index < -0.39 is 24.7 Å². The Labute approximate surface area is 282 Å². The molecule has 0 fully saturated rings. The lowest BCUT2D eigenvalue weighted by Gasteiger charge is -2.21. The fourth-order valence-corrected chi connectivity index (χ4v) is 9.75. The molecule has 3 aromatic carbocycles. The smallest absolute Gasteiger partial charge is 0.497 e. The topological polar surface area (TPSA) is 107 Å². The lowest BCUT2D eigenvalue weighted by molar-refractivity contribution is 0.206. The first-order chi connectivity index (χ1) is 23.0. The minimum absolute atomic E-state index is 0.211. The number of hydrogen-bond donors (Lipinski definition) is 1. The molecule has 14 heteroatoms. The van der Waals surface area contributed by atoms with E-state index in [1.165, 1.54) is 0 Å². The highest BCUT2D eigenvalue weighted by atomic mass is 31.3. The SMILES string of the molecule is CCCOP(N[P+](N=[P+](OCCC)OCc1ccc(OC)cc1)(OCCC)OCc1ccc(OC)cc1)OCc1ccc(OC)cc1. The Kier molecular flexibility index (Phi) is 18.7. The van der Waals surface area contributed by atoms with E-state index in [4.69, 9.17) is 45.9 Å². The molecule has 258 valence electrons. The molecule has 3 atom stereocenters. The third-order valence-corrected chi connectivity index (χ3v) is 12.0. The average molecular weight is 711 g/mol. The summed E-state index contributed by atoms with van der Waals surface area (Å²) in [6, 6.07) is 23.1. The number of rotatable bonds is 24. The van der Waals surface area contributed by atoms with Crippen molar-refractivity contribution >= 4 is 24.7 Å². The first kappa shape index (κ1) is 39.2. The zero-order valence-electron chi connectivity index (χ0n) is 28.3. The molecule has 0 aliphatic carbocycles. The Morgan fingerprint density at radius 1 is 0.574 bits per heavy atom. The largest absolute Gasteiger partial charge is 0.605 e. The first-order valence-corrected chi connectivity index (χ1v) is 19.5. The number of ether oxygens (including phenoxy) is 3. The van der Waals surface area contributed by atoms with Crippen LogP contribution in [0.15, 0.2) is 77.3 Å². The van der Waals surface area contributed by atoms with Gasteiger partial charge in [0.05, 0.1) is 41.2 Å². The predicted molar refractivity (Wildman–Crippen MR) is 188 cm³/mol. The Hall–Kier alpha value is -2.26. The summed E-state index contributed by atoms with van der Waals surface area (Å²) in [4.78, 5) is 3.45. The van der Waals surface area contributed by atoms with E-state index >= 15 is 0 Å². The number of hydrogen-bond acceptors (Lipinski definition) is 11. The normalized spacial score (nSPS) is 13.6. The second kappa shape index (κ2) is 22.4. The average Bonchev–Trinajstić information content (AvgIpc) is 3.12. The van der Waals surface area contributed by atoms with Crippen LogP contribution in [0.4, 0.5) is 0 Å². The number of benzene rings is 3. The van der Waals surface area contributed by atoms with Gasteiger partial charge in [0, 0.05) is 0 Å². The molecule has 0 spiro atoms. The third-order valence-electron chi connectivity index (χ3n) is 6.26. The van der Waals surface area contributed by atoms with Gasteiger partial charge in [0.1, 0.15) is 37.1 Å². The monoisotopic (exact) mass is 710 g/mol. The van der Waals surface area contributed by atoms with Gasteiger partial charge in [-0.2, -0.15) is 9.05 Å². The van der Waals surface area contributed by atoms with Gasteiger partial charge in [-0.15, -0.1) is 9.05 Å². The minimum atomic E-state index is -3.30. The predicted octanol–water partition coefficient (Wildman–Crippen LogP) is 9.93. The van der Waals surface area contributed by atoms with Crippen molar-refractivity contribution in [1.29, 1.82) is 0 Å². The molecule has 0 heterocycles. The molecule has 1 N–H and O–H groups in total. The van der Waals surface area contributed by atoms with Crippen molar-refractivity contribution in [1.82, 2.24) is 4.86 Å². The quantitative estimate of drug-likeness (QED) is 0.0903. The summed E-state index contributed by atoms with van der Waals surface area (Å²) in [6.45, 7) is 8.23. The third kappa shape index (κ3) is 14.4. The van der Waals surface area contributed by atoms with Crippen LogP contribution in [0, 0.1) is 0 Å². The Morgan fingerprint density at radius 3 is 1.55 bits per heavy atom. The van der Waals surface area contributed by atoms with Crippen LogP contribution in [0.2, 0.25) is 0 Å². The molecule has 47 heavy (non-hydrogen) atoms. The number of methoxy groups -OCH3 is 3. The van der Waals surface area contributed by atoms with Crippen molar-refractivity contribution in [3.63, 3.8) is 0 Å². The van der Waals surface area contributed by atoms with Crippen LogP contribution in [-0.2, 0) is 47.0 Å². The number of nitrogens with zero attached hydrogens (tertiary/aromatic N) is 1. The number of nitrogens with one attached hydrogen (secondary N) is 1. The van der Waals surface area contributed by atoms with Gasteiger partial charge in [-0.3, -0.25) is 0 Å². The lowest BCUT2D eigenvalue weighted by Crippen LogP contribution is -2.18. The lowest BCUT2D eigenvalue weighted by atomic mass is 10.2. The van der Waals surface area contributed by atoms with Crippen LogP contribution in [0.3, 0.4) is 0 Å². The summed E-state index contributed by atoms with van der Waals surface area (Å²) in [5.74, 6) is 2.30. The molecule has 3 unspecified atom stereocenters. The zero-order valence-corrected chi connectivity index (χ0v) is 30.9. The highest BCUT2D eigenvalue weighted by Crippen LogP contribution is 2.68. The Balaban J connectivity index is 1.95. The Bertz CT molecular complexity index is 1300. The zero-order chi connectivity index (χ0) is 33.7. The molecular weight excluding hydrogens is 661 g/mol. The van der Waals surface area contributed by atoms with E-state index in [9.17, 15) is 0 Å². The Morgan fingerprint density at radius 2 is 1.06 bits per heavy atom.